The Kier molecular flexibility index (Phi) is 3.12. The first-order valence-corrected chi connectivity index (χ1v) is 7.35. The van der Waals surface area contributed by atoms with Gasteiger partial charge in [-0.1, -0.05) is 43.7 Å². The zero-order valence-electron chi connectivity index (χ0n) is 11.9. The van der Waals surface area contributed by atoms with Crippen LogP contribution in [0, 0.1) is 30.6 Å². The highest BCUT2D eigenvalue weighted by atomic mass is 16.5. The number of hydrogen-bond acceptors (Lipinski definition) is 2. The molecule has 0 spiro atoms. The Bertz CT molecular complexity index is 494. The van der Waals surface area contributed by atoms with E-state index in [1.807, 2.05) is 0 Å². The largest absolute Gasteiger partial charge is 0.457 e. The molecule has 0 amide bonds. The molecule has 0 radical (unpaired) electrons. The molecule has 1 aromatic carbocycles. The monoisotopic (exact) mass is 258 g/mol. The van der Waals surface area contributed by atoms with E-state index >= 15 is 0 Å². The van der Waals surface area contributed by atoms with Gasteiger partial charge in [0.2, 0.25) is 0 Å². The van der Waals surface area contributed by atoms with Gasteiger partial charge in [-0.15, -0.1) is 0 Å². The fourth-order valence-corrected chi connectivity index (χ4v) is 3.99. The molecule has 3 rings (SSSR count). The molecule has 1 heterocycles. The molecule has 19 heavy (non-hydrogen) atoms. The molecule has 2 nitrogen and oxygen atoms in total. The lowest BCUT2D eigenvalue weighted by Crippen LogP contribution is -2.39. The lowest BCUT2D eigenvalue weighted by Gasteiger charge is -2.38. The van der Waals surface area contributed by atoms with Crippen molar-refractivity contribution in [2.45, 2.75) is 39.7 Å². The molecular formula is C17H22O2. The van der Waals surface area contributed by atoms with Crippen molar-refractivity contribution in [1.29, 1.82) is 0 Å². The minimum absolute atomic E-state index is 0.0274. The molecular weight excluding hydrogens is 236 g/mol. The van der Waals surface area contributed by atoms with Gasteiger partial charge in [0.25, 0.3) is 0 Å². The van der Waals surface area contributed by atoms with Crippen LogP contribution in [0.25, 0.3) is 0 Å². The van der Waals surface area contributed by atoms with Crippen molar-refractivity contribution in [3.05, 3.63) is 35.4 Å². The van der Waals surface area contributed by atoms with Crippen molar-refractivity contribution < 1.29 is 9.53 Å². The van der Waals surface area contributed by atoms with Gasteiger partial charge in [-0.3, -0.25) is 4.79 Å². The smallest absolute Gasteiger partial charge is 0.310 e. The van der Waals surface area contributed by atoms with Gasteiger partial charge in [-0.2, -0.15) is 0 Å². The molecule has 1 saturated heterocycles. The van der Waals surface area contributed by atoms with Gasteiger partial charge in [0.1, 0.15) is 6.10 Å². The summed E-state index contributed by atoms with van der Waals surface area (Å²) in [5.41, 5.74) is 2.38. The van der Waals surface area contributed by atoms with Crippen molar-refractivity contribution in [1.82, 2.24) is 0 Å². The fourth-order valence-electron chi connectivity index (χ4n) is 3.99. The van der Waals surface area contributed by atoms with Crippen molar-refractivity contribution in [3.8, 4) is 0 Å². The highest BCUT2D eigenvalue weighted by molar-refractivity contribution is 5.75. The summed E-state index contributed by atoms with van der Waals surface area (Å²) in [5.74, 6) is 1.57. The number of cyclic esters (lactones) is 1. The molecule has 1 aliphatic heterocycles. The molecule has 1 saturated carbocycles. The summed E-state index contributed by atoms with van der Waals surface area (Å²) in [7, 11) is 0. The number of benzene rings is 1. The molecule has 2 aliphatic rings. The van der Waals surface area contributed by atoms with Crippen LogP contribution < -0.4 is 0 Å². The third kappa shape index (κ3) is 2.07. The fraction of sp³-hybridized carbons (Fsp3) is 0.588. The third-order valence-electron chi connectivity index (χ3n) is 5.07. The standard InChI is InChI=1S/C17H22O2/c1-10-5-4-6-13(9-10)16-12(3)14-8-7-11(2)15(14)17(18)19-16/h4-6,9,11-12,14-16H,7-8H2,1-3H3. The van der Waals surface area contributed by atoms with Crippen LogP contribution >= 0.6 is 0 Å². The molecule has 2 fully saturated rings. The number of rotatable bonds is 1. The van der Waals surface area contributed by atoms with Crippen LogP contribution in [-0.4, -0.2) is 5.97 Å². The number of fused-ring (bicyclic) bond motifs is 1. The first-order chi connectivity index (χ1) is 9.08. The van der Waals surface area contributed by atoms with Crippen LogP contribution in [-0.2, 0) is 9.53 Å². The average Bonchev–Trinajstić information content (AvgIpc) is 2.77. The third-order valence-corrected chi connectivity index (χ3v) is 5.07. The van der Waals surface area contributed by atoms with Gasteiger partial charge >= 0.3 is 5.97 Å². The lowest BCUT2D eigenvalue weighted by atomic mass is 9.75. The van der Waals surface area contributed by atoms with Crippen LogP contribution in [0.4, 0.5) is 0 Å². The van der Waals surface area contributed by atoms with Crippen molar-refractivity contribution in [2.75, 3.05) is 0 Å². The van der Waals surface area contributed by atoms with E-state index in [1.54, 1.807) is 0 Å². The summed E-state index contributed by atoms with van der Waals surface area (Å²) in [6, 6.07) is 8.36. The highest BCUT2D eigenvalue weighted by Gasteiger charge is 2.49. The number of carbonyl (C=O) groups excluding carboxylic acids is 1. The Hall–Kier alpha value is -1.31. The first kappa shape index (κ1) is 12.7. The van der Waals surface area contributed by atoms with Crippen LogP contribution in [0.2, 0.25) is 0 Å². The molecule has 1 aliphatic carbocycles. The molecule has 5 atom stereocenters. The Balaban J connectivity index is 1.91. The number of hydrogen-bond donors (Lipinski definition) is 0. The zero-order valence-corrected chi connectivity index (χ0v) is 11.9. The number of aryl methyl sites for hydroxylation is 1. The van der Waals surface area contributed by atoms with Gasteiger partial charge in [-0.25, -0.2) is 0 Å². The predicted molar refractivity (Wildman–Crippen MR) is 74.6 cm³/mol. The summed E-state index contributed by atoms with van der Waals surface area (Å²) in [5, 5.41) is 0. The maximum absolute atomic E-state index is 12.3. The molecule has 1 aromatic rings. The van der Waals surface area contributed by atoms with E-state index in [1.165, 1.54) is 12.0 Å². The van der Waals surface area contributed by atoms with Crippen LogP contribution in [0.15, 0.2) is 24.3 Å². The highest BCUT2D eigenvalue weighted by Crippen LogP contribution is 2.50. The van der Waals surface area contributed by atoms with Crippen LogP contribution in [0.5, 0.6) is 0 Å². The van der Waals surface area contributed by atoms with Gasteiger partial charge in [0.15, 0.2) is 0 Å². The van der Waals surface area contributed by atoms with Crippen LogP contribution in [0.1, 0.15) is 43.9 Å². The van der Waals surface area contributed by atoms with E-state index in [9.17, 15) is 4.79 Å². The van der Waals surface area contributed by atoms with E-state index < -0.39 is 0 Å². The first-order valence-electron chi connectivity index (χ1n) is 7.35. The molecule has 0 N–H and O–H groups in total. The summed E-state index contributed by atoms with van der Waals surface area (Å²) >= 11 is 0. The normalized spacial score (nSPS) is 37.8. The average molecular weight is 258 g/mol. The maximum atomic E-state index is 12.3. The van der Waals surface area contributed by atoms with Crippen LogP contribution in [0.3, 0.4) is 0 Å². The Morgan fingerprint density at radius 2 is 2.00 bits per heavy atom. The Morgan fingerprint density at radius 1 is 1.21 bits per heavy atom. The second kappa shape index (κ2) is 4.66. The topological polar surface area (TPSA) is 26.3 Å². The summed E-state index contributed by atoms with van der Waals surface area (Å²) < 4.78 is 5.79. The summed E-state index contributed by atoms with van der Waals surface area (Å²) in [4.78, 5) is 12.3. The Labute approximate surface area is 115 Å². The lowest BCUT2D eigenvalue weighted by molar-refractivity contribution is -0.172. The van der Waals surface area contributed by atoms with Gasteiger partial charge in [0.05, 0.1) is 5.92 Å². The summed E-state index contributed by atoms with van der Waals surface area (Å²) in [6.07, 6.45) is 2.28. The van der Waals surface area contributed by atoms with Gasteiger partial charge in [0, 0.05) is 5.92 Å². The minimum Gasteiger partial charge on any atom is -0.457 e. The molecule has 2 heteroatoms. The van der Waals surface area contributed by atoms with E-state index in [0.717, 1.165) is 12.0 Å². The van der Waals surface area contributed by atoms with Gasteiger partial charge in [-0.05, 0) is 37.2 Å². The predicted octanol–water partition coefficient (Wildman–Crippen LogP) is 3.89. The summed E-state index contributed by atoms with van der Waals surface area (Å²) in [6.45, 7) is 6.51. The van der Waals surface area contributed by atoms with E-state index in [4.69, 9.17) is 4.74 Å². The molecule has 5 unspecified atom stereocenters. The quantitative estimate of drug-likeness (QED) is 0.714. The maximum Gasteiger partial charge on any atom is 0.310 e. The van der Waals surface area contributed by atoms with E-state index in [-0.39, 0.29) is 18.0 Å². The molecule has 0 bridgehead atoms. The van der Waals surface area contributed by atoms with Crippen molar-refractivity contribution >= 4 is 5.97 Å². The van der Waals surface area contributed by atoms with Crippen molar-refractivity contribution in [2.24, 2.45) is 23.7 Å². The van der Waals surface area contributed by atoms with Gasteiger partial charge < -0.3 is 4.74 Å². The number of ether oxygens (including phenoxy) is 1. The second-order valence-electron chi connectivity index (χ2n) is 6.38. The molecule has 0 aromatic heterocycles. The van der Waals surface area contributed by atoms with E-state index in [0.29, 0.717) is 17.8 Å². The Morgan fingerprint density at radius 3 is 2.74 bits per heavy atom. The SMILES string of the molecule is Cc1cccc(C2OC(=O)C3C(C)CCC3C2C)c1. The number of carbonyl (C=O) groups is 1. The van der Waals surface area contributed by atoms with Crippen molar-refractivity contribution in [3.63, 3.8) is 0 Å². The minimum atomic E-state index is -0.0565. The second-order valence-corrected chi connectivity index (χ2v) is 6.38. The number of esters is 1. The van der Waals surface area contributed by atoms with E-state index in [2.05, 4.69) is 45.0 Å². The molecule has 102 valence electrons. The zero-order chi connectivity index (χ0) is 13.6.